The molecule has 2 aromatic rings. The summed E-state index contributed by atoms with van der Waals surface area (Å²) in [5.74, 6) is 2.17. The molecule has 5 heteroatoms. The molecule has 0 heterocycles. The first-order valence-electron chi connectivity index (χ1n) is 9.31. The summed E-state index contributed by atoms with van der Waals surface area (Å²) in [6.07, 6.45) is 1.01. The first kappa shape index (κ1) is 21.3. The smallest absolute Gasteiger partial charge is 0.259 e. The Balaban J connectivity index is 2.03. The molecule has 0 radical (unpaired) electrons. The average Bonchev–Trinajstić information content (AvgIpc) is 2.61. The van der Waals surface area contributed by atoms with Crippen LogP contribution >= 0.6 is 15.9 Å². The van der Waals surface area contributed by atoms with Crippen LogP contribution in [0.25, 0.3) is 0 Å². The largest absolute Gasteiger partial charge is 0.494 e. The lowest BCUT2D eigenvalue weighted by Gasteiger charge is -2.14. The molecule has 2 rings (SSSR count). The van der Waals surface area contributed by atoms with E-state index in [1.54, 1.807) is 6.07 Å². The zero-order valence-corrected chi connectivity index (χ0v) is 18.0. The van der Waals surface area contributed by atoms with Crippen LogP contribution < -0.4 is 14.8 Å². The van der Waals surface area contributed by atoms with Crippen molar-refractivity contribution in [1.82, 2.24) is 0 Å². The number of rotatable bonds is 9. The number of halogens is 1. The molecule has 0 aromatic heterocycles. The van der Waals surface area contributed by atoms with Gasteiger partial charge in [-0.15, -0.1) is 0 Å². The summed E-state index contributed by atoms with van der Waals surface area (Å²) < 4.78 is 12.3. The predicted octanol–water partition coefficient (Wildman–Crippen LogP) is 6.16. The highest BCUT2D eigenvalue weighted by Crippen LogP contribution is 2.25. The van der Waals surface area contributed by atoms with Crippen molar-refractivity contribution in [3.05, 3.63) is 52.5 Å². The minimum Gasteiger partial charge on any atom is -0.494 e. The van der Waals surface area contributed by atoms with E-state index in [1.807, 2.05) is 36.4 Å². The molecule has 0 aliphatic carbocycles. The maximum Gasteiger partial charge on any atom is 0.259 e. The molecule has 2 aromatic carbocycles. The minimum atomic E-state index is -0.205. The van der Waals surface area contributed by atoms with Crippen LogP contribution in [0.3, 0.4) is 0 Å². The second-order valence-electron chi connectivity index (χ2n) is 7.35. The Morgan fingerprint density at radius 3 is 2.33 bits per heavy atom. The van der Waals surface area contributed by atoms with Gasteiger partial charge in [-0.25, -0.2) is 0 Å². The first-order valence-corrected chi connectivity index (χ1v) is 10.1. The van der Waals surface area contributed by atoms with Crippen molar-refractivity contribution in [2.45, 2.75) is 34.1 Å². The molecule has 1 amide bonds. The van der Waals surface area contributed by atoms with Gasteiger partial charge < -0.3 is 14.8 Å². The van der Waals surface area contributed by atoms with E-state index in [0.29, 0.717) is 42.0 Å². The van der Waals surface area contributed by atoms with Gasteiger partial charge in [-0.05, 0) is 60.7 Å². The Hall–Kier alpha value is -2.01. The van der Waals surface area contributed by atoms with Crippen molar-refractivity contribution in [2.75, 3.05) is 18.5 Å². The van der Waals surface area contributed by atoms with Crippen molar-refractivity contribution in [1.29, 1.82) is 0 Å². The Bertz CT molecular complexity index is 742. The lowest BCUT2D eigenvalue weighted by atomic mass is 10.1. The standard InChI is InChI=1S/C22H28BrNO3/c1-15(2)11-12-26-19-8-6-18(7-9-19)24-22(25)20-13-17(23)5-10-21(20)27-14-16(3)4/h5-10,13,15-16H,11-12,14H2,1-4H3,(H,24,25). The van der Waals surface area contributed by atoms with Crippen LogP contribution in [0.1, 0.15) is 44.5 Å². The third-order valence-electron chi connectivity index (χ3n) is 3.83. The van der Waals surface area contributed by atoms with E-state index in [4.69, 9.17) is 9.47 Å². The lowest BCUT2D eigenvalue weighted by Crippen LogP contribution is -2.15. The number of anilines is 1. The van der Waals surface area contributed by atoms with E-state index < -0.39 is 0 Å². The normalized spacial score (nSPS) is 10.9. The number of nitrogens with one attached hydrogen (secondary N) is 1. The van der Waals surface area contributed by atoms with Gasteiger partial charge >= 0.3 is 0 Å². The molecule has 0 saturated heterocycles. The van der Waals surface area contributed by atoms with Gasteiger partial charge in [0.05, 0.1) is 18.8 Å². The predicted molar refractivity (Wildman–Crippen MR) is 114 cm³/mol. The lowest BCUT2D eigenvalue weighted by molar-refractivity contribution is 0.102. The second kappa shape index (κ2) is 10.4. The Kier molecular flexibility index (Phi) is 8.17. The van der Waals surface area contributed by atoms with Gasteiger partial charge in [0.1, 0.15) is 11.5 Å². The number of hydrogen-bond donors (Lipinski definition) is 1. The van der Waals surface area contributed by atoms with E-state index in [0.717, 1.165) is 16.6 Å². The van der Waals surface area contributed by atoms with E-state index >= 15 is 0 Å². The van der Waals surface area contributed by atoms with Crippen molar-refractivity contribution in [2.24, 2.45) is 11.8 Å². The van der Waals surface area contributed by atoms with Crippen molar-refractivity contribution >= 4 is 27.5 Å². The topological polar surface area (TPSA) is 47.6 Å². The molecule has 4 nitrogen and oxygen atoms in total. The number of carbonyl (C=O) groups is 1. The summed E-state index contributed by atoms with van der Waals surface area (Å²) in [5.41, 5.74) is 1.22. The fourth-order valence-corrected chi connectivity index (χ4v) is 2.67. The average molecular weight is 434 g/mol. The maximum absolute atomic E-state index is 12.7. The van der Waals surface area contributed by atoms with Gasteiger partial charge in [-0.3, -0.25) is 4.79 Å². The Morgan fingerprint density at radius 2 is 1.70 bits per heavy atom. The van der Waals surface area contributed by atoms with Crippen LogP contribution in [0.5, 0.6) is 11.5 Å². The van der Waals surface area contributed by atoms with E-state index in [1.165, 1.54) is 0 Å². The number of ether oxygens (including phenoxy) is 2. The number of amides is 1. The highest BCUT2D eigenvalue weighted by atomic mass is 79.9. The minimum absolute atomic E-state index is 0.205. The summed E-state index contributed by atoms with van der Waals surface area (Å²) in [5, 5.41) is 2.92. The van der Waals surface area contributed by atoms with Crippen LogP contribution in [0.2, 0.25) is 0 Å². The number of carbonyl (C=O) groups excluding carboxylic acids is 1. The summed E-state index contributed by atoms with van der Waals surface area (Å²) in [7, 11) is 0. The highest BCUT2D eigenvalue weighted by molar-refractivity contribution is 9.10. The van der Waals surface area contributed by atoms with Crippen LogP contribution in [-0.2, 0) is 0 Å². The van der Waals surface area contributed by atoms with Gasteiger partial charge in [0.25, 0.3) is 5.91 Å². The van der Waals surface area contributed by atoms with Gasteiger partial charge in [0, 0.05) is 10.2 Å². The van der Waals surface area contributed by atoms with Crippen molar-refractivity contribution in [3.63, 3.8) is 0 Å². The van der Waals surface area contributed by atoms with Crippen LogP contribution in [0.15, 0.2) is 46.9 Å². The zero-order valence-electron chi connectivity index (χ0n) is 16.4. The molecular formula is C22H28BrNO3. The van der Waals surface area contributed by atoms with Crippen LogP contribution in [0, 0.1) is 11.8 Å². The summed E-state index contributed by atoms with van der Waals surface area (Å²) >= 11 is 3.42. The molecule has 1 N–H and O–H groups in total. The molecule has 0 fully saturated rings. The van der Waals surface area contributed by atoms with Crippen LogP contribution in [0.4, 0.5) is 5.69 Å². The zero-order chi connectivity index (χ0) is 19.8. The number of benzene rings is 2. The molecular weight excluding hydrogens is 406 g/mol. The molecule has 146 valence electrons. The third-order valence-corrected chi connectivity index (χ3v) is 4.33. The maximum atomic E-state index is 12.7. The molecule has 0 spiro atoms. The fraction of sp³-hybridized carbons (Fsp3) is 0.409. The van der Waals surface area contributed by atoms with Crippen molar-refractivity contribution < 1.29 is 14.3 Å². The van der Waals surface area contributed by atoms with Gasteiger partial charge in [-0.2, -0.15) is 0 Å². The summed E-state index contributed by atoms with van der Waals surface area (Å²) in [6.45, 7) is 9.74. The van der Waals surface area contributed by atoms with Gasteiger partial charge in [0.2, 0.25) is 0 Å². The van der Waals surface area contributed by atoms with E-state index in [-0.39, 0.29) is 5.91 Å². The van der Waals surface area contributed by atoms with E-state index in [2.05, 4.69) is 48.9 Å². The van der Waals surface area contributed by atoms with Crippen LogP contribution in [-0.4, -0.2) is 19.1 Å². The van der Waals surface area contributed by atoms with Gasteiger partial charge in [-0.1, -0.05) is 43.6 Å². The quantitative estimate of drug-likeness (QED) is 0.514. The summed E-state index contributed by atoms with van der Waals surface area (Å²) in [6, 6.07) is 12.9. The monoisotopic (exact) mass is 433 g/mol. The van der Waals surface area contributed by atoms with Gasteiger partial charge in [0.15, 0.2) is 0 Å². The highest BCUT2D eigenvalue weighted by Gasteiger charge is 2.14. The molecule has 0 unspecified atom stereocenters. The summed E-state index contributed by atoms with van der Waals surface area (Å²) in [4.78, 5) is 12.7. The molecule has 0 aliphatic heterocycles. The molecule has 0 bridgehead atoms. The molecule has 27 heavy (non-hydrogen) atoms. The first-order chi connectivity index (χ1) is 12.8. The fourth-order valence-electron chi connectivity index (χ4n) is 2.31. The Morgan fingerprint density at radius 1 is 1.00 bits per heavy atom. The molecule has 0 aliphatic rings. The molecule has 0 saturated carbocycles. The Labute approximate surface area is 170 Å². The SMILES string of the molecule is CC(C)CCOc1ccc(NC(=O)c2cc(Br)ccc2OCC(C)C)cc1. The van der Waals surface area contributed by atoms with Crippen molar-refractivity contribution in [3.8, 4) is 11.5 Å². The molecule has 0 atom stereocenters. The van der Waals surface area contributed by atoms with E-state index in [9.17, 15) is 4.79 Å². The second-order valence-corrected chi connectivity index (χ2v) is 8.27. The third kappa shape index (κ3) is 7.25. The number of hydrogen-bond acceptors (Lipinski definition) is 3.